The van der Waals surface area contributed by atoms with Crippen molar-refractivity contribution in [3.63, 3.8) is 0 Å². The first-order chi connectivity index (χ1) is 13.0. The van der Waals surface area contributed by atoms with Crippen LogP contribution in [0.1, 0.15) is 17.0 Å². The van der Waals surface area contributed by atoms with Gasteiger partial charge in [0.1, 0.15) is 18.0 Å². The fourth-order valence-electron chi connectivity index (χ4n) is 2.64. The van der Waals surface area contributed by atoms with Gasteiger partial charge in [-0.25, -0.2) is 4.98 Å². The van der Waals surface area contributed by atoms with Gasteiger partial charge in [-0.15, -0.1) is 0 Å². The number of aromatic nitrogens is 2. The van der Waals surface area contributed by atoms with Gasteiger partial charge in [0.25, 0.3) is 0 Å². The van der Waals surface area contributed by atoms with Crippen molar-refractivity contribution in [1.82, 2.24) is 9.97 Å². The van der Waals surface area contributed by atoms with Gasteiger partial charge >= 0.3 is 0 Å². The van der Waals surface area contributed by atoms with E-state index < -0.39 is 0 Å². The van der Waals surface area contributed by atoms with E-state index in [2.05, 4.69) is 32.0 Å². The lowest BCUT2D eigenvalue weighted by Gasteiger charge is -2.11. The second-order valence-electron chi connectivity index (χ2n) is 5.76. The quantitative estimate of drug-likeness (QED) is 0.605. The summed E-state index contributed by atoms with van der Waals surface area (Å²) in [5, 5.41) is 18.3. The van der Waals surface area contributed by atoms with Crippen LogP contribution in [0.15, 0.2) is 34.8 Å². The lowest BCUT2D eigenvalue weighted by atomic mass is 10.1. The molecule has 27 heavy (non-hydrogen) atoms. The molecule has 0 fully saturated rings. The monoisotopic (exact) mass is 422 g/mol. The maximum absolute atomic E-state index is 9.61. The van der Waals surface area contributed by atoms with Crippen molar-refractivity contribution in [2.24, 2.45) is 0 Å². The SMILES string of the molecule is COc1cc(/C=C(\C#N)c2nc3ccc(C)cc3[nH]2)cc(Br)c1OCC#N. The molecule has 0 saturated heterocycles. The number of methoxy groups -OCH3 is 1. The molecule has 0 aliphatic rings. The summed E-state index contributed by atoms with van der Waals surface area (Å²) in [4.78, 5) is 7.68. The van der Waals surface area contributed by atoms with Crippen LogP contribution in [0.3, 0.4) is 0 Å². The predicted molar refractivity (Wildman–Crippen MR) is 106 cm³/mol. The first kappa shape index (κ1) is 18.5. The molecule has 0 bridgehead atoms. The van der Waals surface area contributed by atoms with E-state index in [1.165, 1.54) is 7.11 Å². The highest BCUT2D eigenvalue weighted by molar-refractivity contribution is 9.10. The lowest BCUT2D eigenvalue weighted by Crippen LogP contribution is -1.98. The van der Waals surface area contributed by atoms with Crippen molar-refractivity contribution in [1.29, 1.82) is 10.5 Å². The number of halogens is 1. The molecule has 3 rings (SSSR count). The van der Waals surface area contributed by atoms with E-state index in [9.17, 15) is 5.26 Å². The summed E-state index contributed by atoms with van der Waals surface area (Å²) in [6.07, 6.45) is 1.71. The Morgan fingerprint density at radius 1 is 1.30 bits per heavy atom. The topological polar surface area (TPSA) is 94.7 Å². The molecule has 3 aromatic rings. The molecule has 0 spiro atoms. The number of allylic oxidation sites excluding steroid dienone is 1. The van der Waals surface area contributed by atoms with Crippen molar-refractivity contribution in [2.75, 3.05) is 13.7 Å². The fraction of sp³-hybridized carbons (Fsp3) is 0.150. The number of benzene rings is 2. The number of H-pyrrole nitrogens is 1. The molecule has 0 radical (unpaired) electrons. The molecule has 2 aromatic carbocycles. The largest absolute Gasteiger partial charge is 0.493 e. The molecular formula is C20H15BrN4O2. The highest BCUT2D eigenvalue weighted by atomic mass is 79.9. The van der Waals surface area contributed by atoms with Crippen molar-refractivity contribution >= 4 is 38.6 Å². The summed E-state index contributed by atoms with van der Waals surface area (Å²) in [5.74, 6) is 1.40. The Bertz CT molecular complexity index is 1120. The number of aryl methyl sites for hydroxylation is 1. The van der Waals surface area contributed by atoms with Gasteiger partial charge in [-0.3, -0.25) is 0 Å². The molecule has 7 heteroatoms. The second kappa shape index (κ2) is 7.94. The van der Waals surface area contributed by atoms with Gasteiger partial charge < -0.3 is 14.5 Å². The van der Waals surface area contributed by atoms with E-state index in [0.717, 1.165) is 22.2 Å². The zero-order valence-corrected chi connectivity index (χ0v) is 16.3. The van der Waals surface area contributed by atoms with E-state index in [-0.39, 0.29) is 6.61 Å². The number of hydrogen-bond donors (Lipinski definition) is 1. The first-order valence-corrected chi connectivity index (χ1v) is 8.81. The molecule has 1 heterocycles. The Kier molecular flexibility index (Phi) is 5.44. The Morgan fingerprint density at radius 2 is 2.11 bits per heavy atom. The van der Waals surface area contributed by atoms with Crippen LogP contribution in [-0.2, 0) is 0 Å². The van der Waals surface area contributed by atoms with Crippen LogP contribution in [0, 0.1) is 29.6 Å². The van der Waals surface area contributed by atoms with Gasteiger partial charge in [0, 0.05) is 0 Å². The summed E-state index contributed by atoms with van der Waals surface area (Å²) in [7, 11) is 1.52. The summed E-state index contributed by atoms with van der Waals surface area (Å²) < 4.78 is 11.4. The Hall–Kier alpha value is -3.29. The lowest BCUT2D eigenvalue weighted by molar-refractivity contribution is 0.327. The second-order valence-corrected chi connectivity index (χ2v) is 6.61. The van der Waals surface area contributed by atoms with Gasteiger partial charge in [-0.1, -0.05) is 6.07 Å². The maximum Gasteiger partial charge on any atom is 0.176 e. The van der Waals surface area contributed by atoms with Gasteiger partial charge in [0.15, 0.2) is 18.1 Å². The minimum atomic E-state index is -0.0913. The molecule has 6 nitrogen and oxygen atoms in total. The predicted octanol–water partition coefficient (Wildman–Crippen LogP) is 4.61. The number of fused-ring (bicyclic) bond motifs is 1. The number of hydrogen-bond acceptors (Lipinski definition) is 5. The highest BCUT2D eigenvalue weighted by Crippen LogP contribution is 2.37. The van der Waals surface area contributed by atoms with Crippen LogP contribution in [0.4, 0.5) is 0 Å². The van der Waals surface area contributed by atoms with Crippen molar-refractivity contribution in [3.05, 3.63) is 51.8 Å². The van der Waals surface area contributed by atoms with Gasteiger partial charge in [0.05, 0.1) is 28.2 Å². The van der Waals surface area contributed by atoms with Crippen LogP contribution in [0.2, 0.25) is 0 Å². The third kappa shape index (κ3) is 3.94. The normalized spacial score (nSPS) is 11.1. The van der Waals surface area contributed by atoms with E-state index in [0.29, 0.717) is 27.4 Å². The Morgan fingerprint density at radius 3 is 2.81 bits per heavy atom. The molecule has 134 valence electrons. The summed E-state index contributed by atoms with van der Waals surface area (Å²) in [5.41, 5.74) is 3.92. The number of nitrogens with zero attached hydrogens (tertiary/aromatic N) is 3. The number of aromatic amines is 1. The van der Waals surface area contributed by atoms with Crippen LogP contribution in [0.5, 0.6) is 11.5 Å². The van der Waals surface area contributed by atoms with Gasteiger partial charge in [-0.05, 0) is 64.3 Å². The van der Waals surface area contributed by atoms with Crippen LogP contribution in [0.25, 0.3) is 22.7 Å². The number of rotatable bonds is 5. The molecule has 0 aliphatic heterocycles. The minimum absolute atomic E-state index is 0.0913. The zero-order chi connectivity index (χ0) is 19.4. The first-order valence-electron chi connectivity index (χ1n) is 8.01. The van der Waals surface area contributed by atoms with Gasteiger partial charge in [-0.2, -0.15) is 10.5 Å². The molecular weight excluding hydrogens is 408 g/mol. The minimum Gasteiger partial charge on any atom is -0.493 e. The molecule has 0 aliphatic carbocycles. The summed E-state index contributed by atoms with van der Waals surface area (Å²) in [6.45, 7) is 1.91. The van der Waals surface area contributed by atoms with E-state index in [4.69, 9.17) is 14.7 Å². The Labute approximate surface area is 164 Å². The van der Waals surface area contributed by atoms with Crippen molar-refractivity contribution in [3.8, 4) is 23.6 Å². The van der Waals surface area contributed by atoms with E-state index in [1.54, 1.807) is 18.2 Å². The van der Waals surface area contributed by atoms with Crippen LogP contribution in [-0.4, -0.2) is 23.7 Å². The molecule has 0 atom stereocenters. The number of imidazole rings is 1. The molecule has 1 aromatic heterocycles. The smallest absolute Gasteiger partial charge is 0.176 e. The molecule has 0 saturated carbocycles. The Balaban J connectivity index is 2.03. The molecule has 0 amide bonds. The van der Waals surface area contributed by atoms with Crippen molar-refractivity contribution in [2.45, 2.75) is 6.92 Å². The average molecular weight is 423 g/mol. The fourth-order valence-corrected chi connectivity index (χ4v) is 3.21. The van der Waals surface area contributed by atoms with Crippen molar-refractivity contribution < 1.29 is 9.47 Å². The number of nitrogens with one attached hydrogen (secondary N) is 1. The molecule has 1 N–H and O–H groups in total. The van der Waals surface area contributed by atoms with Gasteiger partial charge in [0.2, 0.25) is 0 Å². The number of ether oxygens (including phenoxy) is 2. The van der Waals surface area contributed by atoms with Crippen LogP contribution < -0.4 is 9.47 Å². The van der Waals surface area contributed by atoms with E-state index in [1.807, 2.05) is 31.2 Å². The number of nitriles is 2. The third-order valence-corrected chi connectivity index (χ3v) is 4.45. The zero-order valence-electron chi connectivity index (χ0n) is 14.7. The summed E-state index contributed by atoms with van der Waals surface area (Å²) >= 11 is 3.42. The standard InChI is InChI=1S/C20H15BrN4O2/c1-12-3-4-16-17(7-12)25-20(24-16)14(11-23)8-13-9-15(21)19(27-6-5-22)18(10-13)26-2/h3-4,7-10H,6H2,1-2H3,(H,24,25)/b14-8+. The average Bonchev–Trinajstić information content (AvgIpc) is 3.07. The maximum atomic E-state index is 9.61. The third-order valence-electron chi connectivity index (χ3n) is 3.86. The highest BCUT2D eigenvalue weighted by Gasteiger charge is 2.13. The van der Waals surface area contributed by atoms with Crippen LogP contribution >= 0.6 is 15.9 Å². The van der Waals surface area contributed by atoms with E-state index >= 15 is 0 Å². The summed E-state index contributed by atoms with van der Waals surface area (Å²) in [6, 6.07) is 13.5. The molecule has 0 unspecified atom stereocenters.